The van der Waals surface area contributed by atoms with E-state index in [1.807, 2.05) is 6.92 Å². The first kappa shape index (κ1) is 16.7. The smallest absolute Gasteiger partial charge is 0.109 e. The molecule has 2 heterocycles. The van der Waals surface area contributed by atoms with Crippen molar-refractivity contribution in [1.29, 1.82) is 0 Å². The predicted molar refractivity (Wildman–Crippen MR) is 90.1 cm³/mol. The summed E-state index contributed by atoms with van der Waals surface area (Å²) in [5.41, 5.74) is 4.23. The molecule has 0 bridgehead atoms. The van der Waals surface area contributed by atoms with Crippen LogP contribution in [0.25, 0.3) is 11.3 Å². The quantitative estimate of drug-likeness (QED) is 0.772. The van der Waals surface area contributed by atoms with E-state index in [0.717, 1.165) is 54.3 Å². The lowest BCUT2D eigenvalue weighted by Crippen LogP contribution is -2.12. The number of nitrogens with zero attached hydrogens (tertiary/aromatic N) is 3. The molecular weight excluding hydrogens is 274 g/mol. The minimum Gasteiger partial charge on any atom is -0.385 e. The molecule has 0 aliphatic heterocycles. The van der Waals surface area contributed by atoms with Crippen molar-refractivity contribution in [3.8, 4) is 11.3 Å². The van der Waals surface area contributed by atoms with Crippen LogP contribution < -0.4 is 0 Å². The van der Waals surface area contributed by atoms with E-state index in [2.05, 4.69) is 48.7 Å². The van der Waals surface area contributed by atoms with Crippen LogP contribution in [0.15, 0.2) is 18.3 Å². The molecule has 120 valence electrons. The van der Waals surface area contributed by atoms with Gasteiger partial charge >= 0.3 is 0 Å². The molecule has 0 amide bonds. The highest BCUT2D eigenvalue weighted by molar-refractivity contribution is 5.61. The van der Waals surface area contributed by atoms with Crippen molar-refractivity contribution in [2.45, 2.75) is 53.0 Å². The first-order valence-corrected chi connectivity index (χ1v) is 8.11. The topological polar surface area (TPSA) is 39.9 Å². The van der Waals surface area contributed by atoms with Gasteiger partial charge in [0.1, 0.15) is 5.82 Å². The molecule has 0 spiro atoms. The number of aryl methyl sites for hydroxylation is 3. The van der Waals surface area contributed by atoms with Crippen molar-refractivity contribution in [2.75, 3.05) is 13.7 Å². The molecule has 0 aliphatic rings. The summed E-state index contributed by atoms with van der Waals surface area (Å²) < 4.78 is 7.58. The summed E-state index contributed by atoms with van der Waals surface area (Å²) in [7, 11) is 1.76. The molecule has 4 nitrogen and oxygen atoms in total. The maximum atomic E-state index is 5.25. The van der Waals surface area contributed by atoms with Gasteiger partial charge in [0, 0.05) is 49.3 Å². The lowest BCUT2D eigenvalue weighted by atomic mass is 10.1. The van der Waals surface area contributed by atoms with Gasteiger partial charge in [0.2, 0.25) is 0 Å². The number of methoxy groups -OCH3 is 1. The van der Waals surface area contributed by atoms with E-state index in [9.17, 15) is 0 Å². The highest BCUT2D eigenvalue weighted by Gasteiger charge is 2.16. The number of hydrogen-bond acceptors (Lipinski definition) is 3. The van der Waals surface area contributed by atoms with Crippen LogP contribution in [0.2, 0.25) is 0 Å². The summed E-state index contributed by atoms with van der Waals surface area (Å²) in [6.07, 6.45) is 5.21. The Hall–Kier alpha value is -1.68. The average Bonchev–Trinajstić information content (AvgIpc) is 2.92. The zero-order chi connectivity index (χ0) is 16.1. The molecule has 1 atom stereocenters. The molecule has 2 aromatic heterocycles. The second-order valence-corrected chi connectivity index (χ2v) is 5.73. The van der Waals surface area contributed by atoms with Crippen molar-refractivity contribution in [3.63, 3.8) is 0 Å². The molecule has 0 saturated heterocycles. The Morgan fingerprint density at radius 2 is 1.95 bits per heavy atom. The fraction of sp³-hybridized carbons (Fsp3) is 0.556. The van der Waals surface area contributed by atoms with Crippen molar-refractivity contribution in [3.05, 3.63) is 35.5 Å². The van der Waals surface area contributed by atoms with Crippen molar-refractivity contribution in [2.24, 2.45) is 0 Å². The van der Waals surface area contributed by atoms with Crippen LogP contribution in [0.3, 0.4) is 0 Å². The minimum atomic E-state index is 0.440. The van der Waals surface area contributed by atoms with Gasteiger partial charge in [-0.15, -0.1) is 0 Å². The van der Waals surface area contributed by atoms with Crippen molar-refractivity contribution < 1.29 is 4.74 Å². The molecule has 0 N–H and O–H groups in total. The van der Waals surface area contributed by atoms with Gasteiger partial charge in [0.15, 0.2) is 0 Å². The van der Waals surface area contributed by atoms with E-state index in [1.54, 1.807) is 7.11 Å². The Bertz CT molecular complexity index is 619. The zero-order valence-electron chi connectivity index (χ0n) is 14.4. The third-order valence-electron chi connectivity index (χ3n) is 4.15. The van der Waals surface area contributed by atoms with E-state index in [-0.39, 0.29) is 0 Å². The van der Waals surface area contributed by atoms with E-state index < -0.39 is 0 Å². The van der Waals surface area contributed by atoms with Crippen LogP contribution >= 0.6 is 0 Å². The number of hydrogen-bond donors (Lipinski definition) is 0. The molecule has 0 fully saturated rings. The number of ether oxygens (including phenoxy) is 1. The van der Waals surface area contributed by atoms with E-state index in [0.29, 0.717) is 6.04 Å². The molecule has 1 unspecified atom stereocenters. The Balaban J connectivity index is 2.39. The van der Waals surface area contributed by atoms with Crippen LogP contribution in [-0.2, 0) is 11.2 Å². The molecule has 0 aromatic carbocycles. The van der Waals surface area contributed by atoms with Crippen molar-refractivity contribution >= 4 is 0 Å². The second kappa shape index (κ2) is 7.54. The third kappa shape index (κ3) is 3.55. The number of rotatable bonds is 7. The molecule has 0 aliphatic carbocycles. The fourth-order valence-corrected chi connectivity index (χ4v) is 2.89. The lowest BCUT2D eigenvalue weighted by Gasteiger charge is -2.18. The van der Waals surface area contributed by atoms with Crippen molar-refractivity contribution in [1.82, 2.24) is 14.5 Å². The van der Waals surface area contributed by atoms with Crippen LogP contribution in [0, 0.1) is 13.8 Å². The van der Waals surface area contributed by atoms with Crippen LogP contribution in [0.4, 0.5) is 0 Å². The summed E-state index contributed by atoms with van der Waals surface area (Å²) in [5.74, 6) is 1.14. The molecular formula is C18H27N3O. The molecule has 2 rings (SSSR count). The monoisotopic (exact) mass is 301 g/mol. The molecule has 4 heteroatoms. The third-order valence-corrected chi connectivity index (χ3v) is 4.15. The Morgan fingerprint density at radius 1 is 1.18 bits per heavy atom. The Morgan fingerprint density at radius 3 is 2.55 bits per heavy atom. The van der Waals surface area contributed by atoms with Gasteiger partial charge in [-0.1, -0.05) is 13.8 Å². The highest BCUT2D eigenvalue weighted by Crippen LogP contribution is 2.26. The maximum Gasteiger partial charge on any atom is 0.109 e. The first-order valence-electron chi connectivity index (χ1n) is 8.11. The molecule has 22 heavy (non-hydrogen) atoms. The van der Waals surface area contributed by atoms with Gasteiger partial charge in [0.25, 0.3) is 0 Å². The fourth-order valence-electron chi connectivity index (χ4n) is 2.89. The minimum absolute atomic E-state index is 0.440. The van der Waals surface area contributed by atoms with Crippen LogP contribution in [-0.4, -0.2) is 28.3 Å². The summed E-state index contributed by atoms with van der Waals surface area (Å²) in [6, 6.07) is 4.62. The van der Waals surface area contributed by atoms with E-state index in [1.165, 1.54) is 0 Å². The highest BCUT2D eigenvalue weighted by atomic mass is 16.5. The predicted octanol–water partition coefficient (Wildman–Crippen LogP) is 4.11. The van der Waals surface area contributed by atoms with Gasteiger partial charge in [-0.2, -0.15) is 0 Å². The second-order valence-electron chi connectivity index (χ2n) is 5.73. The zero-order valence-corrected chi connectivity index (χ0v) is 14.4. The summed E-state index contributed by atoms with van der Waals surface area (Å²) in [6.45, 7) is 9.23. The van der Waals surface area contributed by atoms with Gasteiger partial charge in [0.05, 0.1) is 5.69 Å². The summed E-state index contributed by atoms with van der Waals surface area (Å²) in [4.78, 5) is 9.41. The molecule has 0 saturated carbocycles. The maximum absolute atomic E-state index is 5.25. The summed E-state index contributed by atoms with van der Waals surface area (Å²) in [5, 5.41) is 0. The summed E-state index contributed by atoms with van der Waals surface area (Å²) >= 11 is 0. The number of imidazole rings is 1. The van der Waals surface area contributed by atoms with Crippen LogP contribution in [0.1, 0.15) is 49.9 Å². The standard InChI is InChI=1S/C18H27N3O/c1-6-15(10-11-22-5)21-12-17(20-18(21)7-2)16-9-8-13(3)19-14(16)4/h8-9,12,15H,6-7,10-11H2,1-5H3. The van der Waals surface area contributed by atoms with Gasteiger partial charge in [-0.25, -0.2) is 4.98 Å². The van der Waals surface area contributed by atoms with Crippen LogP contribution in [0.5, 0.6) is 0 Å². The number of aromatic nitrogens is 3. The number of pyridine rings is 1. The largest absolute Gasteiger partial charge is 0.385 e. The van der Waals surface area contributed by atoms with E-state index in [4.69, 9.17) is 9.72 Å². The lowest BCUT2D eigenvalue weighted by molar-refractivity contribution is 0.176. The van der Waals surface area contributed by atoms with E-state index >= 15 is 0 Å². The average molecular weight is 301 g/mol. The van der Waals surface area contributed by atoms with Gasteiger partial charge in [-0.05, 0) is 38.8 Å². The molecule has 0 radical (unpaired) electrons. The Kier molecular flexibility index (Phi) is 5.72. The molecule has 2 aromatic rings. The normalized spacial score (nSPS) is 12.6. The van der Waals surface area contributed by atoms with Gasteiger partial charge in [-0.3, -0.25) is 4.98 Å². The first-order chi connectivity index (χ1) is 10.6. The Labute approximate surface area is 133 Å². The SMILES string of the molecule is CCc1nc(-c2ccc(C)nc2C)cn1C(CC)CCOC. The van der Waals surface area contributed by atoms with Gasteiger partial charge < -0.3 is 9.30 Å².